The van der Waals surface area contributed by atoms with E-state index in [-0.39, 0.29) is 11.1 Å². The zero-order valence-corrected chi connectivity index (χ0v) is 18.3. The molecule has 0 aliphatic heterocycles. The van der Waals surface area contributed by atoms with Crippen molar-refractivity contribution in [1.82, 2.24) is 18.9 Å². The molecule has 154 valence electrons. The van der Waals surface area contributed by atoms with Gasteiger partial charge >= 0.3 is 0 Å². The van der Waals surface area contributed by atoms with Crippen LogP contribution in [0.1, 0.15) is 26.0 Å². The molecule has 0 aliphatic carbocycles. The average molecular weight is 441 g/mol. The third-order valence-electron chi connectivity index (χ3n) is 4.79. The molecule has 0 saturated heterocycles. The average Bonchev–Trinajstić information content (AvgIpc) is 2.71. The lowest BCUT2D eigenvalue weighted by atomic mass is 10.1. The Bertz CT molecular complexity index is 1350. The van der Waals surface area contributed by atoms with Crippen LogP contribution in [0.2, 0.25) is 5.02 Å². The molecule has 0 unspecified atom stereocenters. The van der Waals surface area contributed by atoms with Crippen LogP contribution in [-0.4, -0.2) is 18.9 Å². The molecule has 0 saturated carbocycles. The van der Waals surface area contributed by atoms with Gasteiger partial charge in [-0.3, -0.25) is 18.6 Å². The first kappa shape index (κ1) is 20.6. The summed E-state index contributed by atoms with van der Waals surface area (Å²) in [6, 6.07) is 12.1. The van der Waals surface area contributed by atoms with Gasteiger partial charge in [-0.15, -0.1) is 0 Å². The highest BCUT2D eigenvalue weighted by atomic mass is 35.5. The number of nitrogens with zero attached hydrogens (tertiary/aromatic N) is 4. The molecule has 0 radical (unpaired) electrons. The first-order valence-corrected chi connectivity index (χ1v) is 11.1. The monoisotopic (exact) mass is 440 g/mol. The van der Waals surface area contributed by atoms with Gasteiger partial charge in [0.2, 0.25) is 0 Å². The van der Waals surface area contributed by atoms with E-state index in [1.54, 1.807) is 41.1 Å². The summed E-state index contributed by atoms with van der Waals surface area (Å²) in [5.41, 5.74) is 1.60. The molecule has 0 fully saturated rings. The van der Waals surface area contributed by atoms with E-state index in [0.29, 0.717) is 50.6 Å². The Morgan fingerprint density at radius 3 is 2.73 bits per heavy atom. The second-order valence-electron chi connectivity index (χ2n) is 7.50. The summed E-state index contributed by atoms with van der Waals surface area (Å²) in [5.74, 6) is 0.888. The number of halogens is 1. The molecule has 0 spiro atoms. The maximum absolute atomic E-state index is 13.1. The van der Waals surface area contributed by atoms with E-state index in [0.717, 1.165) is 6.42 Å². The summed E-state index contributed by atoms with van der Waals surface area (Å²) in [4.78, 5) is 34.7. The van der Waals surface area contributed by atoms with E-state index >= 15 is 0 Å². The molecule has 6 nitrogen and oxygen atoms in total. The van der Waals surface area contributed by atoms with Gasteiger partial charge in [-0.05, 0) is 42.7 Å². The molecule has 0 atom stereocenters. The zero-order chi connectivity index (χ0) is 21.3. The number of thioether (sulfide) groups is 1. The molecule has 4 rings (SSSR count). The van der Waals surface area contributed by atoms with Gasteiger partial charge in [-0.1, -0.05) is 43.3 Å². The summed E-state index contributed by atoms with van der Waals surface area (Å²) in [7, 11) is 0. The van der Waals surface area contributed by atoms with Gasteiger partial charge in [0.15, 0.2) is 5.16 Å². The summed E-state index contributed by atoms with van der Waals surface area (Å²) in [5, 5.41) is 1.69. The smallest absolute Gasteiger partial charge is 0.262 e. The minimum absolute atomic E-state index is 0.0774. The number of hydrogen-bond donors (Lipinski definition) is 0. The lowest BCUT2D eigenvalue weighted by Crippen LogP contribution is -2.24. The molecule has 8 heteroatoms. The third kappa shape index (κ3) is 4.27. The van der Waals surface area contributed by atoms with Gasteiger partial charge in [0.25, 0.3) is 11.1 Å². The van der Waals surface area contributed by atoms with Crippen LogP contribution in [0, 0.1) is 5.92 Å². The maximum Gasteiger partial charge on any atom is 0.262 e. The van der Waals surface area contributed by atoms with Gasteiger partial charge in [0.05, 0.1) is 16.6 Å². The van der Waals surface area contributed by atoms with Crippen LogP contribution in [0.25, 0.3) is 16.6 Å². The molecular formula is C22H21ClN4O2S. The Morgan fingerprint density at radius 2 is 1.93 bits per heavy atom. The first-order valence-electron chi connectivity index (χ1n) is 9.72. The summed E-state index contributed by atoms with van der Waals surface area (Å²) in [6.07, 6.45) is 2.56. The fourth-order valence-electron chi connectivity index (χ4n) is 3.18. The Morgan fingerprint density at radius 1 is 1.10 bits per heavy atom. The van der Waals surface area contributed by atoms with Crippen molar-refractivity contribution >= 4 is 39.9 Å². The number of fused-ring (bicyclic) bond motifs is 2. The molecule has 0 amide bonds. The van der Waals surface area contributed by atoms with Crippen LogP contribution in [0.5, 0.6) is 0 Å². The molecule has 1 aromatic carbocycles. The number of pyridine rings is 1. The fourth-order valence-corrected chi connectivity index (χ4v) is 4.27. The molecule has 0 aliphatic rings. The van der Waals surface area contributed by atoms with Gasteiger partial charge in [0.1, 0.15) is 5.65 Å². The Labute approximate surface area is 182 Å². The van der Waals surface area contributed by atoms with Gasteiger partial charge in [0, 0.05) is 29.6 Å². The van der Waals surface area contributed by atoms with Gasteiger partial charge < -0.3 is 0 Å². The van der Waals surface area contributed by atoms with Crippen LogP contribution in [0.15, 0.2) is 63.4 Å². The van der Waals surface area contributed by atoms with E-state index in [2.05, 4.69) is 18.8 Å². The number of aromatic nitrogens is 4. The van der Waals surface area contributed by atoms with Gasteiger partial charge in [-0.2, -0.15) is 0 Å². The largest absolute Gasteiger partial charge is 0.287 e. The summed E-state index contributed by atoms with van der Waals surface area (Å²) in [6.45, 7) is 4.83. The number of benzene rings is 1. The van der Waals surface area contributed by atoms with Crippen LogP contribution in [-0.2, 0) is 12.3 Å². The van der Waals surface area contributed by atoms with Crippen molar-refractivity contribution in [3.8, 4) is 0 Å². The highest BCUT2D eigenvalue weighted by molar-refractivity contribution is 7.98. The third-order valence-corrected chi connectivity index (χ3v) is 6.03. The van der Waals surface area contributed by atoms with Crippen LogP contribution in [0.3, 0.4) is 0 Å². The quantitative estimate of drug-likeness (QED) is 0.328. The van der Waals surface area contributed by atoms with Crippen molar-refractivity contribution in [2.45, 2.75) is 37.7 Å². The summed E-state index contributed by atoms with van der Waals surface area (Å²) >= 11 is 7.51. The van der Waals surface area contributed by atoms with Crippen molar-refractivity contribution in [1.29, 1.82) is 0 Å². The standard InChI is InChI=1S/C22H21ClN4O2S/c1-14(2)8-10-27-21(29)17-7-6-15(23)11-18(17)25-22(27)30-13-16-12-20(28)26-9-4-3-5-19(26)24-16/h3-7,9,11-12,14H,8,10,13H2,1-2H3. The molecule has 0 bridgehead atoms. The van der Waals surface area contributed by atoms with Gasteiger partial charge in [-0.25, -0.2) is 9.97 Å². The zero-order valence-electron chi connectivity index (χ0n) is 16.7. The topological polar surface area (TPSA) is 69.3 Å². The second kappa shape index (κ2) is 8.62. The normalized spacial score (nSPS) is 11.6. The molecule has 3 aromatic heterocycles. The number of rotatable bonds is 6. The van der Waals surface area contributed by atoms with E-state index in [1.165, 1.54) is 22.2 Å². The number of hydrogen-bond acceptors (Lipinski definition) is 5. The molecule has 4 aromatic rings. The molecular weight excluding hydrogens is 420 g/mol. The minimum Gasteiger partial charge on any atom is -0.287 e. The lowest BCUT2D eigenvalue weighted by Gasteiger charge is -2.14. The molecule has 0 N–H and O–H groups in total. The highest BCUT2D eigenvalue weighted by Crippen LogP contribution is 2.23. The Balaban J connectivity index is 1.72. The van der Waals surface area contributed by atoms with Crippen LogP contribution >= 0.6 is 23.4 Å². The van der Waals surface area contributed by atoms with Crippen molar-refractivity contribution in [2.24, 2.45) is 5.92 Å². The first-order chi connectivity index (χ1) is 14.4. The second-order valence-corrected chi connectivity index (χ2v) is 8.88. The predicted molar refractivity (Wildman–Crippen MR) is 121 cm³/mol. The van der Waals surface area contributed by atoms with Crippen molar-refractivity contribution in [3.63, 3.8) is 0 Å². The van der Waals surface area contributed by atoms with E-state index in [4.69, 9.17) is 16.6 Å². The highest BCUT2D eigenvalue weighted by Gasteiger charge is 2.14. The summed E-state index contributed by atoms with van der Waals surface area (Å²) < 4.78 is 3.22. The minimum atomic E-state index is -0.133. The fraction of sp³-hybridized carbons (Fsp3) is 0.273. The van der Waals surface area contributed by atoms with Crippen molar-refractivity contribution in [2.75, 3.05) is 0 Å². The van der Waals surface area contributed by atoms with E-state index in [1.807, 2.05) is 6.07 Å². The van der Waals surface area contributed by atoms with Crippen molar-refractivity contribution < 1.29 is 0 Å². The maximum atomic E-state index is 13.1. The van der Waals surface area contributed by atoms with Crippen LogP contribution in [0.4, 0.5) is 0 Å². The predicted octanol–water partition coefficient (Wildman–Crippen LogP) is 4.40. The Hall–Kier alpha value is -2.64. The van der Waals surface area contributed by atoms with E-state index in [9.17, 15) is 9.59 Å². The molecule has 30 heavy (non-hydrogen) atoms. The molecule has 3 heterocycles. The SMILES string of the molecule is CC(C)CCn1c(SCc2cc(=O)n3ccccc3n2)nc2cc(Cl)ccc2c1=O. The van der Waals surface area contributed by atoms with E-state index < -0.39 is 0 Å². The van der Waals surface area contributed by atoms with Crippen LogP contribution < -0.4 is 11.1 Å². The lowest BCUT2D eigenvalue weighted by molar-refractivity contribution is 0.481. The Kier molecular flexibility index (Phi) is 5.92. The van der Waals surface area contributed by atoms with Crippen molar-refractivity contribution in [3.05, 3.63) is 80.1 Å².